The maximum Gasteiger partial charge on any atom is 0.225 e. The van der Waals surface area contributed by atoms with E-state index in [0.717, 1.165) is 58.2 Å². The molecule has 0 aromatic heterocycles. The number of likely N-dealkylation sites (tertiary alicyclic amines) is 1. The molecule has 7 heteroatoms. The van der Waals surface area contributed by atoms with Crippen LogP contribution in [0.1, 0.15) is 27.2 Å². The average Bonchev–Trinajstić information content (AvgIpc) is 3.25. The summed E-state index contributed by atoms with van der Waals surface area (Å²) in [6.07, 6.45) is 0.968. The Labute approximate surface area is 181 Å². The van der Waals surface area contributed by atoms with Crippen molar-refractivity contribution in [3.8, 4) is 0 Å². The number of nitrogens with zero attached hydrogens (tertiary/aromatic N) is 4. The van der Waals surface area contributed by atoms with Crippen molar-refractivity contribution in [2.24, 2.45) is 10.9 Å². The van der Waals surface area contributed by atoms with Gasteiger partial charge in [-0.3, -0.25) is 14.7 Å². The molecule has 0 radical (unpaired) electrons. The number of nitrogens with one attached hydrogen (secondary N) is 2. The number of hydrogen-bond acceptors (Lipinski definition) is 4. The van der Waals surface area contributed by atoms with Crippen LogP contribution in [-0.2, 0) is 4.79 Å². The van der Waals surface area contributed by atoms with E-state index in [9.17, 15) is 4.79 Å². The lowest BCUT2D eigenvalue weighted by Gasteiger charge is -2.39. The third kappa shape index (κ3) is 5.88. The molecule has 2 fully saturated rings. The summed E-state index contributed by atoms with van der Waals surface area (Å²) in [7, 11) is 1.81. The fourth-order valence-corrected chi connectivity index (χ4v) is 4.26. The minimum Gasteiger partial charge on any atom is -0.369 e. The molecule has 0 aliphatic carbocycles. The monoisotopic (exact) mass is 414 g/mol. The first-order valence-electron chi connectivity index (χ1n) is 11.3. The molecule has 2 N–H and O–H groups in total. The number of guanidine groups is 1. The first-order valence-corrected chi connectivity index (χ1v) is 11.3. The van der Waals surface area contributed by atoms with Crippen molar-refractivity contribution < 1.29 is 4.79 Å². The quantitative estimate of drug-likeness (QED) is 0.547. The van der Waals surface area contributed by atoms with Crippen LogP contribution in [0.2, 0.25) is 0 Å². The van der Waals surface area contributed by atoms with E-state index in [2.05, 4.69) is 62.7 Å². The Kier molecular flexibility index (Phi) is 7.96. The standard InChI is InChI=1S/C23H38N6O/c1-18(2)22(30)29-11-10-20(17-29)26-23(24-4)25-16-19(3)27-12-14-28(15-13-27)21-8-6-5-7-9-21/h5-9,18-20H,10-17H2,1-4H3,(H2,24,25,26). The zero-order chi connectivity index (χ0) is 21.5. The number of hydrogen-bond donors (Lipinski definition) is 2. The number of aliphatic imine (C=N–C) groups is 1. The fourth-order valence-electron chi connectivity index (χ4n) is 4.26. The molecular formula is C23H38N6O. The Hall–Kier alpha value is -2.28. The van der Waals surface area contributed by atoms with Crippen LogP contribution in [0, 0.1) is 5.92 Å². The largest absolute Gasteiger partial charge is 0.369 e. The van der Waals surface area contributed by atoms with Gasteiger partial charge in [0.15, 0.2) is 5.96 Å². The van der Waals surface area contributed by atoms with Crippen LogP contribution in [0.5, 0.6) is 0 Å². The van der Waals surface area contributed by atoms with Crippen molar-refractivity contribution in [3.63, 3.8) is 0 Å². The summed E-state index contributed by atoms with van der Waals surface area (Å²) in [4.78, 5) is 23.5. The number of amides is 1. The second-order valence-corrected chi connectivity index (χ2v) is 8.73. The summed E-state index contributed by atoms with van der Waals surface area (Å²) in [6.45, 7) is 12.9. The van der Waals surface area contributed by atoms with E-state index in [0.29, 0.717) is 6.04 Å². The topological polar surface area (TPSA) is 63.2 Å². The Morgan fingerprint density at radius 2 is 1.80 bits per heavy atom. The number of para-hydroxylation sites is 1. The average molecular weight is 415 g/mol. The van der Waals surface area contributed by atoms with Gasteiger partial charge >= 0.3 is 0 Å². The van der Waals surface area contributed by atoms with E-state index < -0.39 is 0 Å². The van der Waals surface area contributed by atoms with Crippen molar-refractivity contribution in [2.75, 3.05) is 57.8 Å². The van der Waals surface area contributed by atoms with Crippen molar-refractivity contribution >= 4 is 17.6 Å². The number of carbonyl (C=O) groups is 1. The summed E-state index contributed by atoms with van der Waals surface area (Å²) < 4.78 is 0. The van der Waals surface area contributed by atoms with Crippen molar-refractivity contribution in [2.45, 2.75) is 39.3 Å². The predicted molar refractivity (Wildman–Crippen MR) is 124 cm³/mol. The van der Waals surface area contributed by atoms with Crippen molar-refractivity contribution in [1.82, 2.24) is 20.4 Å². The molecule has 0 spiro atoms. The number of piperazine rings is 1. The third-order valence-electron chi connectivity index (χ3n) is 6.18. The smallest absolute Gasteiger partial charge is 0.225 e. The molecule has 2 aliphatic rings. The van der Waals surface area contributed by atoms with Gasteiger partial charge in [-0.15, -0.1) is 0 Å². The van der Waals surface area contributed by atoms with Crippen LogP contribution < -0.4 is 15.5 Å². The molecule has 2 saturated heterocycles. The lowest BCUT2D eigenvalue weighted by Crippen LogP contribution is -2.54. The highest BCUT2D eigenvalue weighted by Crippen LogP contribution is 2.16. The van der Waals surface area contributed by atoms with Gasteiger partial charge in [-0.2, -0.15) is 0 Å². The summed E-state index contributed by atoms with van der Waals surface area (Å²) in [5, 5.41) is 6.98. The first-order chi connectivity index (χ1) is 14.5. The summed E-state index contributed by atoms with van der Waals surface area (Å²) in [5.41, 5.74) is 1.31. The fraction of sp³-hybridized carbons (Fsp3) is 0.652. The van der Waals surface area contributed by atoms with Gasteiger partial charge in [0.1, 0.15) is 0 Å². The van der Waals surface area contributed by atoms with E-state index in [1.807, 2.05) is 25.8 Å². The van der Waals surface area contributed by atoms with Crippen LogP contribution in [0.25, 0.3) is 0 Å². The normalized spacial score (nSPS) is 21.8. The first kappa shape index (κ1) is 22.4. The molecule has 0 bridgehead atoms. The Balaban J connectivity index is 1.39. The van der Waals surface area contributed by atoms with Crippen LogP contribution >= 0.6 is 0 Å². The molecule has 1 amide bonds. The lowest BCUT2D eigenvalue weighted by atomic mass is 10.2. The van der Waals surface area contributed by atoms with Crippen LogP contribution in [0.3, 0.4) is 0 Å². The highest BCUT2D eigenvalue weighted by atomic mass is 16.2. The van der Waals surface area contributed by atoms with Gasteiger partial charge in [0.2, 0.25) is 5.91 Å². The van der Waals surface area contributed by atoms with Gasteiger partial charge in [0.05, 0.1) is 0 Å². The molecule has 166 valence electrons. The van der Waals surface area contributed by atoms with E-state index in [4.69, 9.17) is 0 Å². The predicted octanol–water partition coefficient (Wildman–Crippen LogP) is 1.62. The lowest BCUT2D eigenvalue weighted by molar-refractivity contribution is -0.133. The molecule has 0 saturated carbocycles. The third-order valence-corrected chi connectivity index (χ3v) is 6.18. The van der Waals surface area contributed by atoms with E-state index in [1.165, 1.54) is 5.69 Å². The van der Waals surface area contributed by atoms with Gasteiger partial charge in [0, 0.05) is 76.5 Å². The summed E-state index contributed by atoms with van der Waals surface area (Å²) in [5.74, 6) is 1.13. The van der Waals surface area contributed by atoms with Crippen LogP contribution in [0.4, 0.5) is 5.69 Å². The van der Waals surface area contributed by atoms with Gasteiger partial charge in [-0.05, 0) is 25.5 Å². The number of carbonyl (C=O) groups excluding carboxylic acids is 1. The van der Waals surface area contributed by atoms with Gasteiger partial charge in [0.25, 0.3) is 0 Å². The molecule has 3 rings (SSSR count). The van der Waals surface area contributed by atoms with E-state index in [1.54, 1.807) is 0 Å². The Morgan fingerprint density at radius 1 is 1.10 bits per heavy atom. The molecule has 2 unspecified atom stereocenters. The molecule has 1 aromatic carbocycles. The maximum atomic E-state index is 12.2. The Bertz CT molecular complexity index is 699. The Morgan fingerprint density at radius 3 is 2.43 bits per heavy atom. The second-order valence-electron chi connectivity index (χ2n) is 8.73. The molecule has 2 atom stereocenters. The number of anilines is 1. The highest BCUT2D eigenvalue weighted by Gasteiger charge is 2.28. The van der Waals surface area contributed by atoms with Crippen LogP contribution in [0.15, 0.2) is 35.3 Å². The van der Waals surface area contributed by atoms with Gasteiger partial charge < -0.3 is 20.4 Å². The minimum atomic E-state index is 0.0596. The summed E-state index contributed by atoms with van der Waals surface area (Å²) in [6, 6.07) is 11.4. The van der Waals surface area contributed by atoms with Crippen molar-refractivity contribution in [1.29, 1.82) is 0 Å². The molecule has 30 heavy (non-hydrogen) atoms. The molecular weight excluding hydrogens is 376 g/mol. The SMILES string of the molecule is CN=C(NCC(C)N1CCN(c2ccccc2)CC1)NC1CCN(C(=O)C(C)C)C1. The zero-order valence-corrected chi connectivity index (χ0v) is 19.0. The van der Waals surface area contributed by atoms with Crippen molar-refractivity contribution in [3.05, 3.63) is 30.3 Å². The minimum absolute atomic E-state index is 0.0596. The maximum absolute atomic E-state index is 12.2. The molecule has 1 aromatic rings. The molecule has 2 aliphatic heterocycles. The molecule has 7 nitrogen and oxygen atoms in total. The van der Waals surface area contributed by atoms with E-state index >= 15 is 0 Å². The van der Waals surface area contributed by atoms with E-state index in [-0.39, 0.29) is 17.9 Å². The second kappa shape index (κ2) is 10.7. The number of benzene rings is 1. The zero-order valence-electron chi connectivity index (χ0n) is 19.0. The van der Waals surface area contributed by atoms with Gasteiger partial charge in [-0.1, -0.05) is 32.0 Å². The van der Waals surface area contributed by atoms with Gasteiger partial charge in [-0.25, -0.2) is 0 Å². The summed E-state index contributed by atoms with van der Waals surface area (Å²) >= 11 is 0. The van der Waals surface area contributed by atoms with Crippen LogP contribution in [-0.4, -0.2) is 86.6 Å². The number of rotatable bonds is 6. The highest BCUT2D eigenvalue weighted by molar-refractivity contribution is 5.81. The molecule has 2 heterocycles.